The molecular formula is C18H20N4OS. The molecule has 24 heavy (non-hydrogen) atoms. The summed E-state index contributed by atoms with van der Waals surface area (Å²) in [6.45, 7) is 4.27. The Hall–Kier alpha value is -2.18. The second-order valence-corrected chi connectivity index (χ2v) is 7.16. The number of rotatable bonds is 6. The van der Waals surface area contributed by atoms with Gasteiger partial charge in [0.25, 0.3) is 0 Å². The van der Waals surface area contributed by atoms with Crippen LogP contribution in [0.2, 0.25) is 0 Å². The number of aromatic nitrogens is 4. The number of pyridine rings is 1. The standard InChI is InChI=1S/C18H20N4OS/c1-18(2,23)13-24-17-21-20-16(15-8-10-19-11-9-15)22(17)12-14-6-4-3-5-7-14/h3-11,23H,12-13H2,1-2H3. The van der Waals surface area contributed by atoms with Crippen LogP contribution in [0.15, 0.2) is 60.0 Å². The monoisotopic (exact) mass is 340 g/mol. The van der Waals surface area contributed by atoms with Crippen LogP contribution < -0.4 is 0 Å². The van der Waals surface area contributed by atoms with Crippen LogP contribution in [0.1, 0.15) is 19.4 Å². The predicted octanol–water partition coefficient (Wildman–Crippen LogP) is 3.25. The summed E-state index contributed by atoms with van der Waals surface area (Å²) in [5, 5.41) is 19.5. The summed E-state index contributed by atoms with van der Waals surface area (Å²) in [5.41, 5.74) is 1.40. The molecule has 2 heterocycles. The number of hydrogen-bond acceptors (Lipinski definition) is 5. The van der Waals surface area contributed by atoms with Gasteiger partial charge in [0.2, 0.25) is 0 Å². The summed E-state index contributed by atoms with van der Waals surface area (Å²) < 4.78 is 2.08. The fourth-order valence-corrected chi connectivity index (χ4v) is 3.15. The molecule has 0 aliphatic rings. The molecule has 2 aromatic heterocycles. The van der Waals surface area contributed by atoms with Gasteiger partial charge in [-0.25, -0.2) is 0 Å². The number of aliphatic hydroxyl groups is 1. The molecule has 6 heteroatoms. The molecule has 3 rings (SSSR count). The van der Waals surface area contributed by atoms with Crippen molar-refractivity contribution in [3.8, 4) is 11.4 Å². The molecule has 0 radical (unpaired) electrons. The minimum Gasteiger partial charge on any atom is -0.390 e. The third kappa shape index (κ3) is 4.21. The van der Waals surface area contributed by atoms with Crippen molar-refractivity contribution in [2.24, 2.45) is 0 Å². The van der Waals surface area contributed by atoms with Crippen LogP contribution in [0.3, 0.4) is 0 Å². The second-order valence-electron chi connectivity index (χ2n) is 6.21. The van der Waals surface area contributed by atoms with Crippen LogP contribution in [0.4, 0.5) is 0 Å². The van der Waals surface area contributed by atoms with Gasteiger partial charge in [0.1, 0.15) is 0 Å². The summed E-state index contributed by atoms with van der Waals surface area (Å²) >= 11 is 1.51. The van der Waals surface area contributed by atoms with E-state index in [-0.39, 0.29) is 0 Å². The molecule has 5 nitrogen and oxygen atoms in total. The molecule has 0 saturated carbocycles. The zero-order valence-electron chi connectivity index (χ0n) is 13.8. The van der Waals surface area contributed by atoms with Gasteiger partial charge in [0.05, 0.1) is 12.1 Å². The Balaban J connectivity index is 1.96. The quantitative estimate of drug-likeness (QED) is 0.698. The average Bonchev–Trinajstić information content (AvgIpc) is 2.97. The van der Waals surface area contributed by atoms with Crippen LogP contribution in [0.25, 0.3) is 11.4 Å². The largest absolute Gasteiger partial charge is 0.390 e. The molecule has 0 fully saturated rings. The first-order valence-corrected chi connectivity index (χ1v) is 8.74. The lowest BCUT2D eigenvalue weighted by Gasteiger charge is -2.16. The van der Waals surface area contributed by atoms with Gasteiger partial charge in [-0.3, -0.25) is 9.55 Å². The van der Waals surface area contributed by atoms with Gasteiger partial charge in [-0.2, -0.15) is 0 Å². The molecule has 1 N–H and O–H groups in total. The maximum Gasteiger partial charge on any atom is 0.191 e. The number of nitrogens with zero attached hydrogens (tertiary/aromatic N) is 4. The molecule has 0 unspecified atom stereocenters. The lowest BCUT2D eigenvalue weighted by Crippen LogP contribution is -2.22. The lowest BCUT2D eigenvalue weighted by molar-refractivity contribution is 0.107. The zero-order chi connectivity index (χ0) is 17.0. The van der Waals surface area contributed by atoms with Crippen molar-refractivity contribution in [3.63, 3.8) is 0 Å². The average molecular weight is 340 g/mol. The van der Waals surface area contributed by atoms with Crippen LogP contribution in [0.5, 0.6) is 0 Å². The van der Waals surface area contributed by atoms with Crippen molar-refractivity contribution in [2.45, 2.75) is 31.1 Å². The van der Waals surface area contributed by atoms with Crippen molar-refractivity contribution < 1.29 is 5.11 Å². The minimum absolute atomic E-state index is 0.552. The topological polar surface area (TPSA) is 63.8 Å². The molecule has 0 saturated heterocycles. The van der Waals surface area contributed by atoms with Gasteiger partial charge in [-0.15, -0.1) is 10.2 Å². The Labute approximate surface area is 145 Å². The van der Waals surface area contributed by atoms with Gasteiger partial charge in [0, 0.05) is 23.7 Å². The lowest BCUT2D eigenvalue weighted by atomic mass is 10.2. The van der Waals surface area contributed by atoms with Crippen molar-refractivity contribution in [1.29, 1.82) is 0 Å². The second kappa shape index (κ2) is 7.15. The van der Waals surface area contributed by atoms with Crippen molar-refractivity contribution in [2.75, 3.05) is 5.75 Å². The van der Waals surface area contributed by atoms with Crippen molar-refractivity contribution in [3.05, 3.63) is 60.4 Å². The Morgan fingerprint density at radius 3 is 2.42 bits per heavy atom. The minimum atomic E-state index is -0.759. The van der Waals surface area contributed by atoms with Gasteiger partial charge in [0.15, 0.2) is 11.0 Å². The van der Waals surface area contributed by atoms with Crippen molar-refractivity contribution in [1.82, 2.24) is 19.7 Å². The molecule has 0 aliphatic carbocycles. The first-order chi connectivity index (χ1) is 11.5. The van der Waals surface area contributed by atoms with Crippen LogP contribution >= 0.6 is 11.8 Å². The summed E-state index contributed by atoms with van der Waals surface area (Å²) in [4.78, 5) is 4.06. The molecule has 0 aliphatic heterocycles. The molecule has 3 aromatic rings. The predicted molar refractivity (Wildman–Crippen MR) is 95.8 cm³/mol. The van der Waals surface area contributed by atoms with E-state index in [2.05, 4.69) is 31.9 Å². The van der Waals surface area contributed by atoms with E-state index in [1.54, 1.807) is 26.2 Å². The van der Waals surface area contributed by atoms with Gasteiger partial charge >= 0.3 is 0 Å². The smallest absolute Gasteiger partial charge is 0.191 e. The summed E-state index contributed by atoms with van der Waals surface area (Å²) in [5.74, 6) is 1.36. The SMILES string of the molecule is CC(C)(O)CSc1nnc(-c2ccncc2)n1Cc1ccccc1. The molecule has 124 valence electrons. The fraction of sp³-hybridized carbons (Fsp3) is 0.278. The van der Waals surface area contributed by atoms with E-state index < -0.39 is 5.60 Å². The molecule has 0 bridgehead atoms. The molecule has 0 atom stereocenters. The van der Waals surface area contributed by atoms with Crippen LogP contribution in [-0.4, -0.2) is 36.2 Å². The van der Waals surface area contributed by atoms with Crippen LogP contribution in [-0.2, 0) is 6.54 Å². The Bertz CT molecular complexity index is 782. The highest BCUT2D eigenvalue weighted by atomic mass is 32.2. The summed E-state index contributed by atoms with van der Waals surface area (Å²) in [7, 11) is 0. The molecule has 0 spiro atoms. The highest BCUT2D eigenvalue weighted by Crippen LogP contribution is 2.26. The van der Waals surface area contributed by atoms with E-state index in [9.17, 15) is 5.11 Å². The molecular weight excluding hydrogens is 320 g/mol. The molecule has 0 amide bonds. The van der Waals surface area contributed by atoms with Crippen LogP contribution in [0, 0.1) is 0 Å². The van der Waals surface area contributed by atoms with Crippen molar-refractivity contribution >= 4 is 11.8 Å². The summed E-state index contributed by atoms with van der Waals surface area (Å²) in [6.07, 6.45) is 3.50. The number of thioether (sulfide) groups is 1. The van der Waals surface area contributed by atoms with E-state index in [0.29, 0.717) is 12.3 Å². The molecule has 1 aromatic carbocycles. The maximum atomic E-state index is 10.00. The van der Waals surface area contributed by atoms with Gasteiger partial charge in [-0.05, 0) is 31.5 Å². The fourth-order valence-electron chi connectivity index (χ4n) is 2.26. The van der Waals surface area contributed by atoms with E-state index in [1.165, 1.54) is 17.3 Å². The third-order valence-electron chi connectivity index (χ3n) is 3.39. The maximum absolute atomic E-state index is 10.00. The van der Waals surface area contributed by atoms with E-state index in [4.69, 9.17) is 0 Å². The first-order valence-electron chi connectivity index (χ1n) is 7.76. The first kappa shape index (κ1) is 16.7. The zero-order valence-corrected chi connectivity index (χ0v) is 14.6. The Kier molecular flexibility index (Phi) is 4.97. The highest BCUT2D eigenvalue weighted by Gasteiger charge is 2.19. The van der Waals surface area contributed by atoms with E-state index in [0.717, 1.165) is 16.5 Å². The highest BCUT2D eigenvalue weighted by molar-refractivity contribution is 7.99. The van der Waals surface area contributed by atoms with E-state index >= 15 is 0 Å². The van der Waals surface area contributed by atoms with Gasteiger partial charge < -0.3 is 5.11 Å². The third-order valence-corrected chi connectivity index (χ3v) is 4.80. The Morgan fingerprint density at radius 2 is 1.75 bits per heavy atom. The summed E-state index contributed by atoms with van der Waals surface area (Å²) in [6, 6.07) is 14.1. The van der Waals surface area contributed by atoms with E-state index in [1.807, 2.05) is 30.3 Å². The Morgan fingerprint density at radius 1 is 1.04 bits per heavy atom. The van der Waals surface area contributed by atoms with Gasteiger partial charge in [-0.1, -0.05) is 42.1 Å². The number of hydrogen-bond donors (Lipinski definition) is 1. The number of benzene rings is 1. The normalized spacial score (nSPS) is 11.6.